The molecule has 1 aromatic carbocycles. The van der Waals surface area contributed by atoms with Crippen molar-refractivity contribution in [3.8, 4) is 0 Å². The van der Waals surface area contributed by atoms with Crippen LogP contribution in [0.3, 0.4) is 0 Å². The van der Waals surface area contributed by atoms with Crippen LogP contribution in [0, 0.1) is 0 Å². The largest absolute Gasteiger partial charge is 0.394 e. The number of benzene rings is 1. The summed E-state index contributed by atoms with van der Waals surface area (Å²) in [4.78, 5) is 12.9. The fourth-order valence-corrected chi connectivity index (χ4v) is 3.58. The molecule has 0 radical (unpaired) electrons. The van der Waals surface area contributed by atoms with E-state index in [9.17, 15) is 15.3 Å². The molecule has 1 unspecified atom stereocenters. The lowest BCUT2D eigenvalue weighted by atomic mass is 10.1. The molecule has 9 nitrogen and oxygen atoms in total. The smallest absolute Gasteiger partial charge is 0.167 e. The Kier molecular flexibility index (Phi) is 5.56. The molecule has 1 fully saturated rings. The Balaban J connectivity index is 1.56. The molecule has 148 valence electrons. The standard InChI is InChI=1S/C18H20BrN5O4/c19-5-10-1-3-11(4-2-10)6-20-16-13-17(22-8-21-16)24(9-23-13)18-15(27)14(26)12(7-25)28-18/h1-4,8-9,12,14-15,18,25-27H,5-7H2,(H,20,21,22)/t12-,14-,15-,18?/m1/s1. The van der Waals surface area contributed by atoms with E-state index in [-0.39, 0.29) is 0 Å². The van der Waals surface area contributed by atoms with Gasteiger partial charge in [0.2, 0.25) is 0 Å². The number of halogens is 1. The van der Waals surface area contributed by atoms with Crippen molar-refractivity contribution >= 4 is 32.9 Å². The molecule has 1 saturated heterocycles. The van der Waals surface area contributed by atoms with Crippen LogP contribution in [0.2, 0.25) is 0 Å². The van der Waals surface area contributed by atoms with Gasteiger partial charge in [0.1, 0.15) is 24.6 Å². The summed E-state index contributed by atoms with van der Waals surface area (Å²) >= 11 is 3.43. The molecule has 1 aliphatic rings. The average molecular weight is 450 g/mol. The zero-order valence-electron chi connectivity index (χ0n) is 14.8. The summed E-state index contributed by atoms with van der Waals surface area (Å²) < 4.78 is 7.11. The van der Waals surface area contributed by atoms with E-state index in [0.717, 1.165) is 10.9 Å². The van der Waals surface area contributed by atoms with E-state index >= 15 is 0 Å². The van der Waals surface area contributed by atoms with Crippen molar-refractivity contribution in [2.24, 2.45) is 0 Å². The first kappa shape index (κ1) is 19.2. The van der Waals surface area contributed by atoms with Gasteiger partial charge in [0.05, 0.1) is 12.9 Å². The number of alkyl halides is 1. The van der Waals surface area contributed by atoms with E-state index in [0.29, 0.717) is 23.5 Å². The monoisotopic (exact) mass is 449 g/mol. The van der Waals surface area contributed by atoms with E-state index in [1.165, 1.54) is 22.8 Å². The first-order valence-corrected chi connectivity index (χ1v) is 9.92. The number of aromatic nitrogens is 4. The number of fused-ring (bicyclic) bond motifs is 1. The number of rotatable bonds is 6. The van der Waals surface area contributed by atoms with Gasteiger partial charge in [-0.1, -0.05) is 40.2 Å². The molecular weight excluding hydrogens is 430 g/mol. The van der Waals surface area contributed by atoms with Gasteiger partial charge in [-0.3, -0.25) is 4.57 Å². The maximum absolute atomic E-state index is 10.3. The average Bonchev–Trinajstić information content (AvgIpc) is 3.28. The molecule has 4 atom stereocenters. The Morgan fingerprint density at radius 3 is 2.50 bits per heavy atom. The number of aliphatic hydroxyl groups is 3. The van der Waals surface area contributed by atoms with Crippen LogP contribution in [0.5, 0.6) is 0 Å². The second kappa shape index (κ2) is 8.10. The third-order valence-corrected chi connectivity index (χ3v) is 5.43. The van der Waals surface area contributed by atoms with Gasteiger partial charge < -0.3 is 25.4 Å². The number of anilines is 1. The van der Waals surface area contributed by atoms with Crippen LogP contribution in [-0.2, 0) is 16.6 Å². The lowest BCUT2D eigenvalue weighted by Gasteiger charge is -2.16. The Labute approximate surface area is 169 Å². The second-order valence-electron chi connectivity index (χ2n) is 6.58. The molecule has 0 spiro atoms. The van der Waals surface area contributed by atoms with E-state index < -0.39 is 31.1 Å². The molecule has 1 aliphatic heterocycles. The minimum atomic E-state index is -1.20. The van der Waals surface area contributed by atoms with Crippen LogP contribution in [0.1, 0.15) is 17.4 Å². The highest BCUT2D eigenvalue weighted by Crippen LogP contribution is 2.32. The van der Waals surface area contributed by atoms with Gasteiger partial charge >= 0.3 is 0 Å². The van der Waals surface area contributed by atoms with Crippen LogP contribution >= 0.6 is 15.9 Å². The molecular formula is C18H20BrN5O4. The highest BCUT2D eigenvalue weighted by Gasteiger charge is 2.44. The van der Waals surface area contributed by atoms with Crippen LogP contribution in [0.4, 0.5) is 5.82 Å². The summed E-state index contributed by atoms with van der Waals surface area (Å²) in [5.41, 5.74) is 3.28. The maximum atomic E-state index is 10.3. The quantitative estimate of drug-likeness (QED) is 0.409. The van der Waals surface area contributed by atoms with Gasteiger partial charge in [-0.25, -0.2) is 15.0 Å². The fourth-order valence-electron chi connectivity index (χ4n) is 3.21. The molecule has 2 aromatic heterocycles. The fraction of sp³-hybridized carbons (Fsp3) is 0.389. The molecule has 4 rings (SSSR count). The molecule has 3 heterocycles. The molecule has 4 N–H and O–H groups in total. The molecule has 0 amide bonds. The molecule has 0 aliphatic carbocycles. The van der Waals surface area contributed by atoms with Gasteiger partial charge in [-0.05, 0) is 11.1 Å². The molecule has 10 heteroatoms. The molecule has 0 bridgehead atoms. The number of nitrogens with one attached hydrogen (secondary N) is 1. The Morgan fingerprint density at radius 2 is 1.82 bits per heavy atom. The third kappa shape index (κ3) is 3.49. The van der Waals surface area contributed by atoms with Crippen molar-refractivity contribution in [3.05, 3.63) is 48.0 Å². The molecule has 28 heavy (non-hydrogen) atoms. The van der Waals surface area contributed by atoms with Crippen molar-refractivity contribution < 1.29 is 20.1 Å². The van der Waals surface area contributed by atoms with Crippen molar-refractivity contribution in [2.75, 3.05) is 11.9 Å². The van der Waals surface area contributed by atoms with Crippen LogP contribution in [0.25, 0.3) is 11.2 Å². The van der Waals surface area contributed by atoms with Gasteiger partial charge in [0.15, 0.2) is 23.2 Å². The first-order valence-electron chi connectivity index (χ1n) is 8.80. The third-order valence-electron chi connectivity index (χ3n) is 4.79. The topological polar surface area (TPSA) is 126 Å². The SMILES string of the molecule is OC[C@H]1OC(n2cnc3c(NCc4ccc(CBr)cc4)ncnc32)[C@H](O)[C@@H]1O. The summed E-state index contributed by atoms with van der Waals surface area (Å²) in [5, 5.41) is 33.6. The van der Waals surface area contributed by atoms with E-state index in [2.05, 4.69) is 48.3 Å². The van der Waals surface area contributed by atoms with Crippen molar-refractivity contribution in [1.29, 1.82) is 0 Å². The minimum absolute atomic E-state index is 0.392. The van der Waals surface area contributed by atoms with Crippen molar-refractivity contribution in [3.63, 3.8) is 0 Å². The highest BCUT2D eigenvalue weighted by atomic mass is 79.9. The predicted molar refractivity (Wildman–Crippen MR) is 105 cm³/mol. The lowest BCUT2D eigenvalue weighted by Crippen LogP contribution is -2.33. The minimum Gasteiger partial charge on any atom is -0.394 e. The lowest BCUT2D eigenvalue weighted by molar-refractivity contribution is -0.0511. The second-order valence-corrected chi connectivity index (χ2v) is 7.14. The van der Waals surface area contributed by atoms with Crippen LogP contribution in [-0.4, -0.2) is 59.8 Å². The Hall–Kier alpha value is -2.11. The van der Waals surface area contributed by atoms with Crippen molar-refractivity contribution in [1.82, 2.24) is 19.5 Å². The summed E-state index contributed by atoms with van der Waals surface area (Å²) in [6, 6.07) is 8.19. The van der Waals surface area contributed by atoms with Gasteiger partial charge in [0.25, 0.3) is 0 Å². The summed E-state index contributed by atoms with van der Waals surface area (Å²) in [7, 11) is 0. The number of hydrogen-bond donors (Lipinski definition) is 4. The summed E-state index contributed by atoms with van der Waals surface area (Å²) in [6.07, 6.45) is -1.26. The normalized spacial score (nSPS) is 24.7. The number of ether oxygens (including phenoxy) is 1. The zero-order valence-corrected chi connectivity index (χ0v) is 16.4. The summed E-state index contributed by atoms with van der Waals surface area (Å²) in [5.74, 6) is 0.556. The predicted octanol–water partition coefficient (Wildman–Crippen LogP) is 0.945. The number of imidazole rings is 1. The van der Waals surface area contributed by atoms with Gasteiger partial charge in [0, 0.05) is 11.9 Å². The van der Waals surface area contributed by atoms with Crippen molar-refractivity contribution in [2.45, 2.75) is 36.4 Å². The Bertz CT molecular complexity index is 951. The number of aliphatic hydroxyl groups excluding tert-OH is 3. The molecule has 3 aromatic rings. The Morgan fingerprint density at radius 1 is 1.07 bits per heavy atom. The van der Waals surface area contributed by atoms with E-state index in [1.54, 1.807) is 0 Å². The zero-order chi connectivity index (χ0) is 19.7. The summed E-state index contributed by atoms with van der Waals surface area (Å²) in [6.45, 7) is 0.173. The van der Waals surface area contributed by atoms with E-state index in [1.807, 2.05) is 12.1 Å². The number of hydrogen-bond acceptors (Lipinski definition) is 8. The van der Waals surface area contributed by atoms with Crippen LogP contribution < -0.4 is 5.32 Å². The first-order chi connectivity index (χ1) is 13.6. The maximum Gasteiger partial charge on any atom is 0.167 e. The van der Waals surface area contributed by atoms with Gasteiger partial charge in [-0.2, -0.15) is 0 Å². The van der Waals surface area contributed by atoms with Gasteiger partial charge in [-0.15, -0.1) is 0 Å². The van der Waals surface area contributed by atoms with Crippen LogP contribution in [0.15, 0.2) is 36.9 Å². The molecule has 0 saturated carbocycles. The highest BCUT2D eigenvalue weighted by molar-refractivity contribution is 9.08. The van der Waals surface area contributed by atoms with E-state index in [4.69, 9.17) is 4.74 Å². The number of nitrogens with zero attached hydrogens (tertiary/aromatic N) is 4.